The van der Waals surface area contributed by atoms with Gasteiger partial charge in [0.25, 0.3) is 0 Å². The normalized spacial score (nSPS) is 15.3. The van der Waals surface area contributed by atoms with Crippen molar-refractivity contribution in [2.75, 3.05) is 7.11 Å². The van der Waals surface area contributed by atoms with Gasteiger partial charge in [-0.2, -0.15) is 5.10 Å². The Morgan fingerprint density at radius 2 is 2.00 bits per heavy atom. The lowest BCUT2D eigenvalue weighted by atomic mass is 9.95. The van der Waals surface area contributed by atoms with E-state index in [1.807, 2.05) is 35.1 Å². The summed E-state index contributed by atoms with van der Waals surface area (Å²) in [6.07, 6.45) is 5.18. The molecule has 2 aromatic carbocycles. The number of aromatic nitrogens is 4. The van der Waals surface area contributed by atoms with Crippen LogP contribution in [0, 0.1) is 11.6 Å². The fourth-order valence-electron chi connectivity index (χ4n) is 4.58. The molecule has 176 valence electrons. The Balaban J connectivity index is 1.23. The summed E-state index contributed by atoms with van der Waals surface area (Å²) < 4.78 is 39.9. The second-order valence-corrected chi connectivity index (χ2v) is 8.57. The third-order valence-electron chi connectivity index (χ3n) is 6.36. The molecule has 0 amide bonds. The molecule has 1 aliphatic carbocycles. The molecule has 1 aliphatic rings. The summed E-state index contributed by atoms with van der Waals surface area (Å²) in [6, 6.07) is 11.2. The van der Waals surface area contributed by atoms with Crippen LogP contribution < -0.4 is 4.74 Å². The molecular weight excluding hydrogens is 454 g/mol. The molecule has 0 saturated heterocycles. The third-order valence-corrected chi connectivity index (χ3v) is 6.36. The Morgan fingerprint density at radius 3 is 2.86 bits per heavy atom. The summed E-state index contributed by atoms with van der Waals surface area (Å²) in [5.74, 6) is -1.77. The van der Waals surface area contributed by atoms with Crippen molar-refractivity contribution in [1.82, 2.24) is 19.7 Å². The summed E-state index contributed by atoms with van der Waals surface area (Å²) in [4.78, 5) is 20.0. The van der Waals surface area contributed by atoms with Gasteiger partial charge >= 0.3 is 5.97 Å². The molecule has 0 fully saturated rings. The molecular formula is C26H20F2N4O3. The minimum Gasteiger partial charge on any atom is -0.497 e. The van der Waals surface area contributed by atoms with Crippen molar-refractivity contribution in [3.8, 4) is 11.4 Å². The van der Waals surface area contributed by atoms with Crippen LogP contribution in [0.25, 0.3) is 27.5 Å². The van der Waals surface area contributed by atoms with E-state index in [1.165, 1.54) is 6.07 Å². The summed E-state index contributed by atoms with van der Waals surface area (Å²) >= 11 is 0. The highest BCUT2D eigenvalue weighted by molar-refractivity contribution is 5.95. The number of esters is 1. The average Bonchev–Trinajstić information content (AvgIpc) is 3.47. The van der Waals surface area contributed by atoms with E-state index in [0.29, 0.717) is 30.2 Å². The maximum Gasteiger partial charge on any atom is 0.355 e. The molecule has 3 heterocycles. The fourth-order valence-corrected chi connectivity index (χ4v) is 4.58. The van der Waals surface area contributed by atoms with Gasteiger partial charge in [0.15, 0.2) is 11.6 Å². The molecule has 1 unspecified atom stereocenters. The lowest BCUT2D eigenvalue weighted by Crippen LogP contribution is -2.25. The smallest absolute Gasteiger partial charge is 0.355 e. The molecule has 0 saturated carbocycles. The van der Waals surface area contributed by atoms with E-state index >= 15 is 0 Å². The molecule has 0 spiro atoms. The molecule has 3 aromatic heterocycles. The monoisotopic (exact) mass is 474 g/mol. The van der Waals surface area contributed by atoms with Crippen LogP contribution in [0.4, 0.5) is 8.78 Å². The molecule has 1 atom stereocenters. The summed E-state index contributed by atoms with van der Waals surface area (Å²) in [5.41, 5.74) is 4.17. The maximum atomic E-state index is 13.5. The van der Waals surface area contributed by atoms with Gasteiger partial charge < -0.3 is 14.5 Å². The van der Waals surface area contributed by atoms with Gasteiger partial charge in [0, 0.05) is 41.2 Å². The van der Waals surface area contributed by atoms with E-state index in [0.717, 1.165) is 45.7 Å². The van der Waals surface area contributed by atoms with Crippen molar-refractivity contribution in [2.24, 2.45) is 0 Å². The Bertz CT molecular complexity index is 1570. The summed E-state index contributed by atoms with van der Waals surface area (Å²) in [7, 11) is 1.62. The van der Waals surface area contributed by atoms with Gasteiger partial charge in [-0.15, -0.1) is 0 Å². The first-order valence-electron chi connectivity index (χ1n) is 11.2. The number of aryl methyl sites for hydroxylation is 1. The number of methoxy groups -OCH3 is 1. The van der Waals surface area contributed by atoms with Gasteiger partial charge in [0.05, 0.1) is 24.0 Å². The van der Waals surface area contributed by atoms with Crippen LogP contribution in [0.1, 0.15) is 28.2 Å². The van der Waals surface area contributed by atoms with Gasteiger partial charge in [-0.05, 0) is 54.8 Å². The summed E-state index contributed by atoms with van der Waals surface area (Å²) in [5, 5.41) is 6.10. The molecule has 1 N–H and O–H groups in total. The number of rotatable bonds is 4. The van der Waals surface area contributed by atoms with Gasteiger partial charge in [-0.25, -0.2) is 18.3 Å². The number of aromatic amines is 1. The zero-order valence-corrected chi connectivity index (χ0v) is 18.7. The van der Waals surface area contributed by atoms with Crippen LogP contribution in [0.5, 0.6) is 5.75 Å². The number of nitrogens with one attached hydrogen (secondary N) is 1. The lowest BCUT2D eigenvalue weighted by Gasteiger charge is -2.21. The number of fused-ring (bicyclic) bond motifs is 3. The van der Waals surface area contributed by atoms with Crippen LogP contribution in [0.2, 0.25) is 0 Å². The van der Waals surface area contributed by atoms with Gasteiger partial charge in [0.2, 0.25) is 0 Å². The zero-order chi connectivity index (χ0) is 24.1. The summed E-state index contributed by atoms with van der Waals surface area (Å²) in [6.45, 7) is 0. The zero-order valence-electron chi connectivity index (χ0n) is 18.7. The highest BCUT2D eigenvalue weighted by atomic mass is 19.2. The van der Waals surface area contributed by atoms with E-state index < -0.39 is 17.6 Å². The number of carbonyl (C=O) groups is 1. The minimum absolute atomic E-state index is 0.156. The lowest BCUT2D eigenvalue weighted by molar-refractivity contribution is 0.0264. The van der Waals surface area contributed by atoms with Crippen molar-refractivity contribution >= 4 is 27.8 Å². The van der Waals surface area contributed by atoms with Crippen LogP contribution in [-0.2, 0) is 17.6 Å². The van der Waals surface area contributed by atoms with Gasteiger partial charge in [0.1, 0.15) is 17.5 Å². The van der Waals surface area contributed by atoms with Crippen LogP contribution in [-0.4, -0.2) is 38.9 Å². The van der Waals surface area contributed by atoms with Crippen molar-refractivity contribution < 1.29 is 23.0 Å². The number of halogens is 2. The third kappa shape index (κ3) is 3.78. The molecule has 0 bridgehead atoms. The van der Waals surface area contributed by atoms with Gasteiger partial charge in [-0.3, -0.25) is 4.98 Å². The number of benzene rings is 2. The van der Waals surface area contributed by atoms with Crippen molar-refractivity contribution in [1.29, 1.82) is 0 Å². The second kappa shape index (κ2) is 8.19. The second-order valence-electron chi connectivity index (χ2n) is 8.57. The highest BCUT2D eigenvalue weighted by Gasteiger charge is 2.26. The molecule has 6 rings (SSSR count). The number of hydrogen-bond donors (Lipinski definition) is 1. The topological polar surface area (TPSA) is 82.0 Å². The Morgan fingerprint density at radius 1 is 1.14 bits per heavy atom. The number of pyridine rings is 1. The largest absolute Gasteiger partial charge is 0.497 e. The Kier molecular flexibility index (Phi) is 4.98. The van der Waals surface area contributed by atoms with Crippen molar-refractivity contribution in [2.45, 2.75) is 25.4 Å². The standard InChI is InChI=1S/C26H20F2N4O3/c1-34-16-2-5-22-18(11-16)25(6-7-29-22)32-13-15-8-17(3-4-21(15)31-32)35-26(33)24-10-14-9-19(27)20(28)12-23(14)30-24/h2,5-7,9-13,17,30H,3-4,8H2,1H3. The number of nitrogens with zero attached hydrogens (tertiary/aromatic N) is 3. The fraction of sp³-hybridized carbons (Fsp3) is 0.192. The number of H-pyrrole nitrogens is 1. The molecule has 0 aliphatic heterocycles. The maximum absolute atomic E-state index is 13.5. The van der Waals surface area contributed by atoms with Crippen LogP contribution >= 0.6 is 0 Å². The molecule has 7 nitrogen and oxygen atoms in total. The van der Waals surface area contributed by atoms with E-state index in [2.05, 4.69) is 9.97 Å². The number of carbonyl (C=O) groups excluding carboxylic acids is 1. The minimum atomic E-state index is -0.975. The number of ether oxygens (including phenoxy) is 2. The molecule has 5 aromatic rings. The quantitative estimate of drug-likeness (QED) is 0.375. The molecule has 35 heavy (non-hydrogen) atoms. The van der Waals surface area contributed by atoms with Gasteiger partial charge in [-0.1, -0.05) is 0 Å². The van der Waals surface area contributed by atoms with Crippen LogP contribution in [0.3, 0.4) is 0 Å². The molecule has 0 radical (unpaired) electrons. The molecule has 9 heteroatoms. The SMILES string of the molecule is COc1ccc2nccc(-n3cc4c(n3)CCC(OC(=O)c3cc5cc(F)c(F)cc5[nH]3)C4)c2c1. The number of hydrogen-bond acceptors (Lipinski definition) is 5. The van der Waals surface area contributed by atoms with Crippen molar-refractivity contribution in [3.63, 3.8) is 0 Å². The van der Waals surface area contributed by atoms with E-state index in [-0.39, 0.29) is 11.8 Å². The van der Waals surface area contributed by atoms with E-state index in [9.17, 15) is 13.6 Å². The van der Waals surface area contributed by atoms with E-state index in [4.69, 9.17) is 14.6 Å². The first kappa shape index (κ1) is 21.3. The van der Waals surface area contributed by atoms with Crippen LogP contribution in [0.15, 0.2) is 54.9 Å². The first-order valence-corrected chi connectivity index (χ1v) is 11.2. The van der Waals surface area contributed by atoms with Crippen molar-refractivity contribution in [3.05, 3.63) is 83.4 Å². The first-order chi connectivity index (χ1) is 17.0. The Labute approximate surface area is 198 Å². The van der Waals surface area contributed by atoms with E-state index in [1.54, 1.807) is 13.3 Å². The highest BCUT2D eigenvalue weighted by Crippen LogP contribution is 2.29. The predicted molar refractivity (Wildman–Crippen MR) is 125 cm³/mol. The predicted octanol–water partition coefficient (Wildman–Crippen LogP) is 4.90. The Hall–Kier alpha value is -4.27. The average molecular weight is 474 g/mol.